The van der Waals surface area contributed by atoms with Crippen molar-refractivity contribution in [2.75, 3.05) is 12.0 Å². The van der Waals surface area contributed by atoms with Gasteiger partial charge in [-0.15, -0.1) is 10.2 Å². The van der Waals surface area contributed by atoms with E-state index in [9.17, 15) is 38.8 Å². The smallest absolute Gasteiger partial charge is 0.744 e. The van der Waals surface area contributed by atoms with Gasteiger partial charge in [-0.3, -0.25) is 10.1 Å². The Morgan fingerprint density at radius 2 is 1.22 bits per heavy atom. The minimum atomic E-state index is -4.93. The second-order valence-electron chi connectivity index (χ2n) is 13.8. The molecule has 27 heteroatoms. The van der Waals surface area contributed by atoms with Crippen molar-refractivity contribution in [1.29, 1.82) is 0 Å². The molecule has 0 bridgehead atoms. The SMILES string of the molecule is Cc1cc(N=Nc2cc(O)c(N=Nc3c(SOO[O-])cc4cc(NCOc5ccc(O)cc5)ccc4c3O)cc2C)c(C)cc1N=Nc1ccc2cc(SOO[O-])cc(S(=O)(=O)[O-])c2c1.[Cu].[Na+].[Na+].[Na+]. The Kier molecular flexibility index (Phi) is 24.0. The zero-order chi connectivity index (χ0) is 46.3. The molecule has 0 fully saturated rings. The van der Waals surface area contributed by atoms with Crippen LogP contribution in [-0.4, -0.2) is 35.0 Å². The predicted octanol–water partition coefficient (Wildman–Crippen LogP) is 1.10. The first kappa shape index (κ1) is 60.1. The van der Waals surface area contributed by atoms with Crippen LogP contribution in [0.4, 0.5) is 39.8 Å². The average molecular weight is 1070 g/mol. The number of phenolic OH excluding ortho intramolecular Hbond substituents is 3. The largest absolute Gasteiger partial charge is 1.00 e. The van der Waals surface area contributed by atoms with Gasteiger partial charge in [0.25, 0.3) is 0 Å². The third-order valence-corrected chi connectivity index (χ3v) is 11.5. The minimum absolute atomic E-state index is 0. The van der Waals surface area contributed by atoms with E-state index in [1.165, 1.54) is 36.4 Å². The Labute approximate surface area is 479 Å². The maximum atomic E-state index is 12.1. The molecule has 1 radical (unpaired) electrons. The van der Waals surface area contributed by atoms with Crippen molar-refractivity contribution in [3.63, 3.8) is 0 Å². The summed E-state index contributed by atoms with van der Waals surface area (Å²) >= 11 is 0.949. The van der Waals surface area contributed by atoms with Gasteiger partial charge in [0.2, 0.25) is 0 Å². The number of ether oxygens (including phenoxy) is 1. The summed E-state index contributed by atoms with van der Waals surface area (Å²) in [5.41, 5.74) is 4.07. The van der Waals surface area contributed by atoms with Crippen LogP contribution in [0.2, 0.25) is 0 Å². The summed E-state index contributed by atoms with van der Waals surface area (Å²) in [6.07, 6.45) is 0. The van der Waals surface area contributed by atoms with Gasteiger partial charge in [-0.25, -0.2) is 8.42 Å². The molecule has 7 aromatic carbocycles. The number of hydrogen-bond acceptors (Lipinski definition) is 22. The number of aryl methyl sites for hydroxylation is 3. The number of rotatable bonds is 17. The van der Waals surface area contributed by atoms with Crippen LogP contribution in [0, 0.1) is 20.8 Å². The van der Waals surface area contributed by atoms with Crippen LogP contribution in [0.5, 0.6) is 23.0 Å². The third kappa shape index (κ3) is 15.6. The summed E-state index contributed by atoms with van der Waals surface area (Å²) in [4.78, 5) is -0.215. The molecule has 0 heterocycles. The molecule has 7 aromatic rings. The van der Waals surface area contributed by atoms with Crippen LogP contribution in [0.1, 0.15) is 16.7 Å². The molecule has 0 amide bonds. The number of nitrogens with zero attached hydrogens (tertiary/aromatic N) is 6. The molecule has 7 rings (SSSR count). The molecule has 0 saturated heterocycles. The van der Waals surface area contributed by atoms with Crippen LogP contribution < -0.4 is 109 Å². The second kappa shape index (κ2) is 27.5. The van der Waals surface area contributed by atoms with Crippen molar-refractivity contribution in [3.05, 3.63) is 120 Å². The molecular weight excluding hydrogens is 1040 g/mol. The summed E-state index contributed by atoms with van der Waals surface area (Å²) in [6, 6.07) is 26.4. The Morgan fingerprint density at radius 1 is 0.623 bits per heavy atom. The van der Waals surface area contributed by atoms with Crippen LogP contribution in [0.3, 0.4) is 0 Å². The number of anilines is 1. The van der Waals surface area contributed by atoms with Crippen molar-refractivity contribution in [1.82, 2.24) is 0 Å². The van der Waals surface area contributed by atoms with E-state index in [2.05, 4.69) is 54.7 Å². The average Bonchev–Trinajstić information content (AvgIpc) is 3.28. The summed E-state index contributed by atoms with van der Waals surface area (Å²) in [5, 5.41) is 89.7. The van der Waals surface area contributed by atoms with Crippen molar-refractivity contribution >= 4 is 95.6 Å². The van der Waals surface area contributed by atoms with E-state index < -0.39 is 15.0 Å². The van der Waals surface area contributed by atoms with Crippen LogP contribution in [0.15, 0.2) is 149 Å². The summed E-state index contributed by atoms with van der Waals surface area (Å²) in [6.45, 7) is 5.39. The zero-order valence-electron chi connectivity index (χ0n) is 37.2. The first-order valence-corrected chi connectivity index (χ1v) is 21.6. The van der Waals surface area contributed by atoms with Gasteiger partial charge in [0, 0.05) is 44.5 Å². The fourth-order valence-electron chi connectivity index (χ4n) is 6.26. The van der Waals surface area contributed by atoms with Gasteiger partial charge < -0.3 is 40.4 Å². The molecule has 0 atom stereocenters. The fraction of sp³-hybridized carbons (Fsp3) is 0.0952. The number of hydrogen-bond donors (Lipinski definition) is 4. The van der Waals surface area contributed by atoms with Crippen LogP contribution in [-0.2, 0) is 45.9 Å². The van der Waals surface area contributed by atoms with Gasteiger partial charge in [-0.2, -0.15) is 29.1 Å². The molecule has 0 aliphatic carbocycles. The van der Waals surface area contributed by atoms with Crippen LogP contribution >= 0.6 is 24.1 Å². The Bertz CT molecular complexity index is 3150. The second-order valence-corrected chi connectivity index (χ2v) is 16.7. The molecule has 0 unspecified atom stereocenters. The standard InChI is InChI=1S/C42H35N7O13S3.Cu.3Na/c1-22-13-35(23(2)12-34(22)45-44-28-5-4-25-16-31(63-61-59-53)19-40(33(25)18-28)65(55,56)57)46-47-36-20-38(51)37(14-24(36)3)48-49-41-39(64-62-60-54)17-26-15-27(6-11-32(26)42(41)52)43-21-58-30-9-7-29(50)8-10-30;;;;/h4-20,43,50-54H,21H2,1-3H3,(H,55,56,57);;;;/q;;3*+1/p-3. The van der Waals surface area contributed by atoms with Gasteiger partial charge >= 0.3 is 88.7 Å². The quantitative estimate of drug-likeness (QED) is 0.0189. The topological polar surface area (TPSA) is 296 Å². The van der Waals surface area contributed by atoms with E-state index in [1.54, 1.807) is 81.4 Å². The van der Waals surface area contributed by atoms with E-state index in [4.69, 9.17) is 4.74 Å². The molecule has 0 saturated carbocycles. The summed E-state index contributed by atoms with van der Waals surface area (Å²) < 4.78 is 50.7. The summed E-state index contributed by atoms with van der Waals surface area (Å²) in [7, 11) is -4.93. The van der Waals surface area contributed by atoms with Crippen molar-refractivity contribution in [2.45, 2.75) is 35.5 Å². The third-order valence-electron chi connectivity index (χ3n) is 9.46. The molecule has 0 aliphatic heterocycles. The number of phenols is 3. The van der Waals surface area contributed by atoms with Gasteiger partial charge in [0.15, 0.2) is 12.5 Å². The molecule has 0 aliphatic rings. The van der Waals surface area contributed by atoms with Crippen molar-refractivity contribution < 1.29 is 168 Å². The number of nitrogens with one attached hydrogen (secondary N) is 1. The maximum Gasteiger partial charge on any atom is 1.00 e. The molecule has 69 heavy (non-hydrogen) atoms. The van der Waals surface area contributed by atoms with E-state index in [0.717, 1.165) is 6.07 Å². The Hall–Kier alpha value is -3.25. The molecule has 0 spiro atoms. The van der Waals surface area contributed by atoms with Gasteiger partial charge in [0.1, 0.15) is 38.7 Å². The van der Waals surface area contributed by atoms with Crippen LogP contribution in [0.25, 0.3) is 21.5 Å². The number of azo groups is 3. The van der Waals surface area contributed by atoms with Gasteiger partial charge in [0.05, 0.1) is 56.6 Å². The maximum absolute atomic E-state index is 12.1. The van der Waals surface area contributed by atoms with Crippen molar-refractivity contribution in [3.8, 4) is 23.0 Å². The number of aromatic hydroxyl groups is 3. The first-order valence-electron chi connectivity index (χ1n) is 18.7. The fourth-order valence-corrected chi connectivity index (χ4v) is 7.99. The molecule has 4 N–H and O–H groups in total. The van der Waals surface area contributed by atoms with Crippen molar-refractivity contribution in [2.24, 2.45) is 30.7 Å². The first-order chi connectivity index (χ1) is 31.2. The number of fused-ring (bicyclic) bond motifs is 2. The normalized spacial score (nSPS) is 11.4. The zero-order valence-corrected chi connectivity index (χ0v) is 46.5. The van der Waals surface area contributed by atoms with Gasteiger partial charge in [-0.1, -0.05) is 6.07 Å². The number of benzene rings is 7. The Balaban J connectivity index is 0.00000315. The van der Waals surface area contributed by atoms with E-state index >= 15 is 0 Å². The van der Waals surface area contributed by atoms with E-state index in [1.807, 2.05) is 0 Å². The molecule has 20 nitrogen and oxygen atoms in total. The summed E-state index contributed by atoms with van der Waals surface area (Å²) in [5.74, 6) is 0.0654. The molecular formula is C42H32CuN7Na3O13S3. The Morgan fingerprint density at radius 3 is 1.86 bits per heavy atom. The monoisotopic (exact) mass is 1070 g/mol. The van der Waals surface area contributed by atoms with Gasteiger partial charge in [-0.05, 0) is 139 Å². The van der Waals surface area contributed by atoms with E-state index in [-0.39, 0.29) is 162 Å². The molecule has 345 valence electrons. The van der Waals surface area contributed by atoms with E-state index in [0.29, 0.717) is 85.4 Å². The molecule has 0 aromatic heterocycles. The minimum Gasteiger partial charge on any atom is -0.744 e. The predicted molar refractivity (Wildman–Crippen MR) is 232 cm³/mol.